The molecule has 214 valence electrons. The maximum absolute atomic E-state index is 14.0. The summed E-state index contributed by atoms with van der Waals surface area (Å²) < 4.78 is 0. The monoisotopic (exact) mass is 548 g/mol. The van der Waals surface area contributed by atoms with Gasteiger partial charge in [0.2, 0.25) is 17.6 Å². The van der Waals surface area contributed by atoms with Crippen molar-refractivity contribution in [2.45, 2.75) is 83.3 Å². The molecule has 1 aliphatic carbocycles. The van der Waals surface area contributed by atoms with E-state index in [0.29, 0.717) is 37.3 Å². The Morgan fingerprint density at radius 1 is 0.900 bits per heavy atom. The van der Waals surface area contributed by atoms with E-state index in [0.717, 1.165) is 36.5 Å². The van der Waals surface area contributed by atoms with Crippen LogP contribution in [0.5, 0.6) is 0 Å². The summed E-state index contributed by atoms with van der Waals surface area (Å²) in [4.78, 5) is 66.0. The zero-order valence-corrected chi connectivity index (χ0v) is 23.4. The Morgan fingerprint density at radius 3 is 2.27 bits per heavy atom. The van der Waals surface area contributed by atoms with Crippen LogP contribution < -0.4 is 16.4 Å². The van der Waals surface area contributed by atoms with Crippen LogP contribution in [-0.4, -0.2) is 59.0 Å². The highest BCUT2D eigenvalue weighted by Gasteiger charge is 2.40. The molecule has 4 rings (SSSR count). The standard InChI is InChI=1S/C31H40N4O5/c1-19(2)26(27(36)28(32)37)34-30(39)25-13-8-16-35(25)31(40)24(17-20-9-4-3-5-10-20)33-29(38)23-15-14-21-11-6-7-12-22(21)18-23/h6-7,11-12,14-15,18-20,24-26H,3-5,8-10,13,16-17H2,1-2H3,(H2,32,37)(H,33,38)(H,34,39)/t24?,25-,26?/m0/s1. The van der Waals surface area contributed by atoms with Gasteiger partial charge in [0.15, 0.2) is 0 Å². The van der Waals surface area contributed by atoms with E-state index >= 15 is 0 Å². The fraction of sp³-hybridized carbons (Fsp3) is 0.516. The van der Waals surface area contributed by atoms with Crippen molar-refractivity contribution in [2.75, 3.05) is 6.54 Å². The molecule has 1 aliphatic heterocycles. The summed E-state index contributed by atoms with van der Waals surface area (Å²) in [6.07, 6.45) is 6.95. The Hall–Kier alpha value is -3.75. The third-order valence-corrected chi connectivity index (χ3v) is 8.24. The number of rotatable bonds is 10. The normalized spacial score (nSPS) is 19.3. The summed E-state index contributed by atoms with van der Waals surface area (Å²) in [5.74, 6) is -3.12. The molecule has 9 heteroatoms. The van der Waals surface area contributed by atoms with Gasteiger partial charge in [-0.15, -0.1) is 0 Å². The molecular formula is C31H40N4O5. The molecule has 0 spiro atoms. The first-order chi connectivity index (χ1) is 19.2. The van der Waals surface area contributed by atoms with Gasteiger partial charge >= 0.3 is 0 Å². The van der Waals surface area contributed by atoms with E-state index in [9.17, 15) is 24.0 Å². The Bertz CT molecular complexity index is 1270. The van der Waals surface area contributed by atoms with Crippen LogP contribution >= 0.6 is 0 Å². The van der Waals surface area contributed by atoms with Gasteiger partial charge in [0.05, 0.1) is 6.04 Å². The van der Waals surface area contributed by atoms with Gasteiger partial charge in [0, 0.05) is 12.1 Å². The number of nitrogens with two attached hydrogens (primary N) is 1. The van der Waals surface area contributed by atoms with Gasteiger partial charge in [-0.05, 0) is 54.0 Å². The summed E-state index contributed by atoms with van der Waals surface area (Å²) >= 11 is 0. The van der Waals surface area contributed by atoms with Gasteiger partial charge in [0.25, 0.3) is 11.8 Å². The van der Waals surface area contributed by atoms with E-state index < -0.39 is 35.7 Å². The van der Waals surface area contributed by atoms with Crippen molar-refractivity contribution in [1.82, 2.24) is 15.5 Å². The molecule has 4 N–H and O–H groups in total. The lowest BCUT2D eigenvalue weighted by Crippen LogP contribution is -2.57. The molecular weight excluding hydrogens is 508 g/mol. The number of fused-ring (bicyclic) bond motifs is 1. The van der Waals surface area contributed by atoms with Crippen molar-refractivity contribution in [1.29, 1.82) is 0 Å². The predicted molar refractivity (Wildman–Crippen MR) is 152 cm³/mol. The van der Waals surface area contributed by atoms with Gasteiger partial charge in [-0.3, -0.25) is 24.0 Å². The Kier molecular flexibility index (Phi) is 9.55. The molecule has 0 aromatic heterocycles. The number of hydrogen-bond donors (Lipinski definition) is 3. The van der Waals surface area contributed by atoms with Crippen LogP contribution in [0.4, 0.5) is 0 Å². The quantitative estimate of drug-likeness (QED) is 0.392. The van der Waals surface area contributed by atoms with E-state index in [1.54, 1.807) is 19.9 Å². The molecule has 3 atom stereocenters. The molecule has 4 amide bonds. The van der Waals surface area contributed by atoms with Crippen molar-refractivity contribution in [2.24, 2.45) is 17.6 Å². The average Bonchev–Trinajstić information content (AvgIpc) is 3.45. The van der Waals surface area contributed by atoms with Crippen LogP contribution in [0, 0.1) is 11.8 Å². The Morgan fingerprint density at radius 2 is 1.60 bits per heavy atom. The summed E-state index contributed by atoms with van der Waals surface area (Å²) in [7, 11) is 0. The Labute approximate surface area is 235 Å². The number of hydrogen-bond acceptors (Lipinski definition) is 5. The van der Waals surface area contributed by atoms with Crippen molar-refractivity contribution < 1.29 is 24.0 Å². The average molecular weight is 549 g/mol. The lowest BCUT2D eigenvalue weighted by atomic mass is 9.84. The number of ketones is 1. The predicted octanol–water partition coefficient (Wildman–Crippen LogP) is 3.09. The largest absolute Gasteiger partial charge is 0.363 e. The maximum Gasteiger partial charge on any atom is 0.287 e. The van der Waals surface area contributed by atoms with E-state index in [4.69, 9.17) is 5.73 Å². The molecule has 1 saturated carbocycles. The number of carbonyl (C=O) groups excluding carboxylic acids is 5. The first-order valence-electron chi connectivity index (χ1n) is 14.4. The van der Waals surface area contributed by atoms with Gasteiger partial charge in [0.1, 0.15) is 12.1 Å². The summed E-state index contributed by atoms with van der Waals surface area (Å²) in [5, 5.41) is 7.61. The zero-order chi connectivity index (χ0) is 28.8. The van der Waals surface area contributed by atoms with Crippen molar-refractivity contribution in [3.63, 3.8) is 0 Å². The maximum atomic E-state index is 14.0. The van der Waals surface area contributed by atoms with E-state index in [-0.39, 0.29) is 17.7 Å². The lowest BCUT2D eigenvalue weighted by Gasteiger charge is -2.32. The number of nitrogens with zero attached hydrogens (tertiary/aromatic N) is 1. The van der Waals surface area contributed by atoms with Gasteiger partial charge < -0.3 is 21.3 Å². The molecule has 2 fully saturated rings. The van der Waals surface area contributed by atoms with E-state index in [1.165, 1.54) is 11.3 Å². The smallest absolute Gasteiger partial charge is 0.287 e. The number of likely N-dealkylation sites (tertiary alicyclic amines) is 1. The minimum absolute atomic E-state index is 0.292. The first-order valence-corrected chi connectivity index (χ1v) is 14.4. The minimum Gasteiger partial charge on any atom is -0.363 e. The molecule has 0 bridgehead atoms. The molecule has 2 aromatic carbocycles. The molecule has 1 saturated heterocycles. The molecule has 40 heavy (non-hydrogen) atoms. The van der Waals surface area contributed by atoms with Crippen LogP contribution in [-0.2, 0) is 19.2 Å². The third kappa shape index (κ3) is 6.87. The summed E-state index contributed by atoms with van der Waals surface area (Å²) in [5.41, 5.74) is 5.66. The number of Topliss-reactive ketones (excluding diaryl/α,β-unsaturated/α-hetero) is 1. The fourth-order valence-corrected chi connectivity index (χ4v) is 5.99. The Balaban J connectivity index is 1.53. The van der Waals surface area contributed by atoms with Crippen LogP contribution in [0.1, 0.15) is 75.6 Å². The number of amides is 4. The van der Waals surface area contributed by atoms with Crippen molar-refractivity contribution >= 4 is 40.2 Å². The number of benzene rings is 2. The van der Waals surface area contributed by atoms with E-state index in [2.05, 4.69) is 10.6 Å². The van der Waals surface area contributed by atoms with E-state index in [1.807, 2.05) is 36.4 Å². The molecule has 2 aliphatic rings. The molecule has 0 radical (unpaired) electrons. The highest BCUT2D eigenvalue weighted by Crippen LogP contribution is 2.29. The fourth-order valence-electron chi connectivity index (χ4n) is 5.99. The topological polar surface area (TPSA) is 139 Å². The summed E-state index contributed by atoms with van der Waals surface area (Å²) in [6.45, 7) is 3.80. The first kappa shape index (κ1) is 29.2. The van der Waals surface area contributed by atoms with Gasteiger partial charge in [-0.2, -0.15) is 0 Å². The minimum atomic E-state index is -1.11. The second-order valence-corrected chi connectivity index (χ2v) is 11.5. The molecule has 1 heterocycles. The number of nitrogens with one attached hydrogen (secondary N) is 2. The van der Waals surface area contributed by atoms with Crippen LogP contribution in [0.25, 0.3) is 10.8 Å². The SMILES string of the molecule is CC(C)C(NC(=O)[C@@H]1CCCN1C(=O)C(CC1CCCCC1)NC(=O)c1ccc2ccccc2c1)C(=O)C(N)=O. The van der Waals surface area contributed by atoms with Crippen molar-refractivity contribution in [3.8, 4) is 0 Å². The lowest BCUT2D eigenvalue weighted by molar-refractivity contribution is -0.142. The van der Waals surface area contributed by atoms with Crippen LogP contribution in [0.15, 0.2) is 42.5 Å². The van der Waals surface area contributed by atoms with Gasteiger partial charge in [-0.1, -0.05) is 76.3 Å². The molecule has 2 aromatic rings. The van der Waals surface area contributed by atoms with Crippen molar-refractivity contribution in [3.05, 3.63) is 48.0 Å². The van der Waals surface area contributed by atoms with Crippen LogP contribution in [0.3, 0.4) is 0 Å². The summed E-state index contributed by atoms with van der Waals surface area (Å²) in [6, 6.07) is 10.6. The highest BCUT2D eigenvalue weighted by atomic mass is 16.2. The zero-order valence-electron chi connectivity index (χ0n) is 23.4. The highest BCUT2D eigenvalue weighted by molar-refractivity contribution is 6.38. The second kappa shape index (κ2) is 13.1. The number of carbonyl (C=O) groups is 5. The molecule has 9 nitrogen and oxygen atoms in total. The second-order valence-electron chi connectivity index (χ2n) is 11.5. The number of primary amides is 1. The molecule has 2 unspecified atom stereocenters. The third-order valence-electron chi connectivity index (χ3n) is 8.24. The van der Waals surface area contributed by atoms with Crippen LogP contribution in [0.2, 0.25) is 0 Å². The van der Waals surface area contributed by atoms with Gasteiger partial charge in [-0.25, -0.2) is 0 Å².